The van der Waals surface area contributed by atoms with Crippen LogP contribution in [-0.2, 0) is 9.59 Å². The average Bonchev–Trinajstić information content (AvgIpc) is 2.34. The van der Waals surface area contributed by atoms with Crippen LogP contribution in [0, 0.1) is 0 Å². The summed E-state index contributed by atoms with van der Waals surface area (Å²) in [6.07, 6.45) is 3.50. The lowest BCUT2D eigenvalue weighted by Crippen LogP contribution is -2.69. The van der Waals surface area contributed by atoms with Crippen molar-refractivity contribution in [3.8, 4) is 0 Å². The van der Waals surface area contributed by atoms with Crippen molar-refractivity contribution in [1.29, 1.82) is 0 Å². The lowest BCUT2D eigenvalue weighted by molar-refractivity contribution is -0.142. The Hall–Kier alpha value is -1.40. The van der Waals surface area contributed by atoms with Crippen LogP contribution in [0.2, 0.25) is 0 Å². The number of hydrogen-bond acceptors (Lipinski definition) is 4. The maximum absolute atomic E-state index is 12.6. The third-order valence-electron chi connectivity index (χ3n) is 4.45. The number of rotatable bonds is 2. The van der Waals surface area contributed by atoms with Crippen LogP contribution in [0.25, 0.3) is 0 Å². The summed E-state index contributed by atoms with van der Waals surface area (Å²) < 4.78 is 0. The molecule has 0 aromatic carbocycles. The molecule has 0 bridgehead atoms. The monoisotopic (exact) mass is 336 g/mol. The third kappa shape index (κ3) is 3.81. The standard InChI is InChI=1S/C18H32N4O2/c1-15(2)11-21(13(23)17(5,6)19-15)9-10-22-12-16(3,4)20-18(7,8)14(22)24/h9-10,19-20H,11-12H2,1-8H3/b10-9+. The van der Waals surface area contributed by atoms with Gasteiger partial charge < -0.3 is 9.80 Å². The smallest absolute Gasteiger partial charge is 0.246 e. The van der Waals surface area contributed by atoms with Crippen LogP contribution in [0.1, 0.15) is 55.4 Å². The fourth-order valence-corrected chi connectivity index (χ4v) is 3.99. The number of carbonyl (C=O) groups is 2. The normalized spacial score (nSPS) is 28.5. The molecule has 0 unspecified atom stereocenters. The first-order valence-electron chi connectivity index (χ1n) is 8.54. The van der Waals surface area contributed by atoms with Gasteiger partial charge in [-0.1, -0.05) is 0 Å². The lowest BCUT2D eigenvalue weighted by atomic mass is 9.90. The van der Waals surface area contributed by atoms with Crippen LogP contribution in [-0.4, -0.2) is 56.9 Å². The highest BCUT2D eigenvalue weighted by atomic mass is 16.2. The molecule has 0 spiro atoms. The third-order valence-corrected chi connectivity index (χ3v) is 4.45. The highest BCUT2D eigenvalue weighted by Crippen LogP contribution is 2.25. The molecule has 2 aliphatic rings. The van der Waals surface area contributed by atoms with Crippen LogP contribution in [0.4, 0.5) is 0 Å². The van der Waals surface area contributed by atoms with E-state index in [-0.39, 0.29) is 22.9 Å². The summed E-state index contributed by atoms with van der Waals surface area (Å²) in [5.74, 6) is 0.0263. The van der Waals surface area contributed by atoms with Crippen molar-refractivity contribution in [2.24, 2.45) is 0 Å². The Labute approximate surface area is 145 Å². The fraction of sp³-hybridized carbons (Fsp3) is 0.778. The molecule has 0 aliphatic carbocycles. The number of hydrogen-bond donors (Lipinski definition) is 2. The summed E-state index contributed by atoms with van der Waals surface area (Å²) in [7, 11) is 0. The molecule has 2 heterocycles. The fourth-order valence-electron chi connectivity index (χ4n) is 3.99. The summed E-state index contributed by atoms with van der Waals surface area (Å²) in [5, 5.41) is 6.74. The SMILES string of the molecule is CC1(C)CN(/C=C/N2CC(C)(C)NC(C)(C)C2=O)C(=O)C(C)(C)N1. The number of nitrogens with one attached hydrogen (secondary N) is 2. The Morgan fingerprint density at radius 1 is 0.708 bits per heavy atom. The van der Waals surface area contributed by atoms with Crippen molar-refractivity contribution in [3.63, 3.8) is 0 Å². The van der Waals surface area contributed by atoms with Crippen LogP contribution >= 0.6 is 0 Å². The zero-order valence-corrected chi connectivity index (χ0v) is 16.3. The maximum Gasteiger partial charge on any atom is 0.246 e. The molecule has 0 aromatic rings. The van der Waals surface area contributed by atoms with E-state index in [0.717, 1.165) is 0 Å². The van der Waals surface area contributed by atoms with Crippen molar-refractivity contribution >= 4 is 11.8 Å². The van der Waals surface area contributed by atoms with Gasteiger partial charge in [-0.05, 0) is 55.4 Å². The Morgan fingerprint density at radius 2 is 1.00 bits per heavy atom. The molecular formula is C18H32N4O2. The largest absolute Gasteiger partial charge is 0.314 e. The Kier molecular flexibility index (Phi) is 4.39. The predicted octanol–water partition coefficient (Wildman–Crippen LogP) is 1.44. The first-order chi connectivity index (χ1) is 10.7. The first kappa shape index (κ1) is 18.9. The van der Waals surface area contributed by atoms with E-state index in [0.29, 0.717) is 13.1 Å². The molecule has 2 amide bonds. The van der Waals surface area contributed by atoms with Crippen molar-refractivity contribution in [1.82, 2.24) is 20.4 Å². The van der Waals surface area contributed by atoms with E-state index in [1.54, 1.807) is 22.2 Å². The summed E-state index contributed by atoms with van der Waals surface area (Å²) in [6, 6.07) is 0. The number of piperazine rings is 2. The summed E-state index contributed by atoms with van der Waals surface area (Å²) >= 11 is 0. The van der Waals surface area contributed by atoms with Crippen LogP contribution in [0.15, 0.2) is 12.4 Å². The molecule has 2 saturated heterocycles. The van der Waals surface area contributed by atoms with Crippen molar-refractivity contribution in [2.75, 3.05) is 13.1 Å². The number of carbonyl (C=O) groups excluding carboxylic acids is 2. The van der Waals surface area contributed by atoms with E-state index in [9.17, 15) is 9.59 Å². The van der Waals surface area contributed by atoms with E-state index >= 15 is 0 Å². The average molecular weight is 336 g/mol. The second-order valence-corrected chi connectivity index (χ2v) is 9.43. The topological polar surface area (TPSA) is 64.7 Å². The molecule has 0 aromatic heterocycles. The van der Waals surface area contributed by atoms with Crippen molar-refractivity contribution in [3.05, 3.63) is 12.4 Å². The minimum atomic E-state index is -0.627. The van der Waals surface area contributed by atoms with E-state index in [1.807, 2.05) is 27.7 Å². The van der Waals surface area contributed by atoms with Gasteiger partial charge in [0, 0.05) is 36.6 Å². The predicted molar refractivity (Wildman–Crippen MR) is 95.2 cm³/mol. The highest BCUT2D eigenvalue weighted by molar-refractivity contribution is 5.89. The first-order valence-corrected chi connectivity index (χ1v) is 8.54. The Morgan fingerprint density at radius 3 is 1.29 bits per heavy atom. The summed E-state index contributed by atoms with van der Waals surface area (Å²) in [4.78, 5) is 28.7. The molecule has 6 nitrogen and oxygen atoms in total. The molecule has 24 heavy (non-hydrogen) atoms. The van der Waals surface area contributed by atoms with Gasteiger partial charge in [0.15, 0.2) is 0 Å². The number of nitrogens with zero attached hydrogens (tertiary/aromatic N) is 2. The van der Waals surface area contributed by atoms with E-state index < -0.39 is 11.1 Å². The van der Waals surface area contributed by atoms with E-state index in [2.05, 4.69) is 38.3 Å². The van der Waals surface area contributed by atoms with Crippen LogP contribution < -0.4 is 10.6 Å². The second-order valence-electron chi connectivity index (χ2n) is 9.43. The van der Waals surface area contributed by atoms with Gasteiger partial charge in [0.2, 0.25) is 11.8 Å². The molecule has 136 valence electrons. The van der Waals surface area contributed by atoms with Gasteiger partial charge in [-0.3, -0.25) is 20.2 Å². The van der Waals surface area contributed by atoms with Crippen molar-refractivity contribution < 1.29 is 9.59 Å². The molecule has 0 saturated carbocycles. The van der Waals surface area contributed by atoms with Crippen molar-refractivity contribution in [2.45, 2.75) is 77.5 Å². The molecule has 0 radical (unpaired) electrons. The minimum Gasteiger partial charge on any atom is -0.314 e. The lowest BCUT2D eigenvalue weighted by Gasteiger charge is -2.47. The van der Waals surface area contributed by atoms with Gasteiger partial charge in [-0.2, -0.15) is 0 Å². The van der Waals surface area contributed by atoms with Gasteiger partial charge >= 0.3 is 0 Å². The molecular weight excluding hydrogens is 304 g/mol. The highest BCUT2D eigenvalue weighted by Gasteiger charge is 2.44. The van der Waals surface area contributed by atoms with Crippen LogP contribution in [0.5, 0.6) is 0 Å². The van der Waals surface area contributed by atoms with Gasteiger partial charge in [-0.15, -0.1) is 0 Å². The Bertz CT molecular complexity index is 526. The van der Waals surface area contributed by atoms with E-state index in [4.69, 9.17) is 0 Å². The maximum atomic E-state index is 12.6. The van der Waals surface area contributed by atoms with Crippen LogP contribution in [0.3, 0.4) is 0 Å². The second kappa shape index (κ2) is 5.56. The van der Waals surface area contributed by atoms with Gasteiger partial charge in [-0.25, -0.2) is 0 Å². The molecule has 2 N–H and O–H groups in total. The zero-order valence-electron chi connectivity index (χ0n) is 16.3. The summed E-state index contributed by atoms with van der Waals surface area (Å²) in [5.41, 5.74) is -1.63. The molecule has 6 heteroatoms. The molecule has 2 rings (SSSR count). The molecule has 0 atom stereocenters. The quantitative estimate of drug-likeness (QED) is 0.801. The van der Waals surface area contributed by atoms with Gasteiger partial charge in [0.1, 0.15) is 0 Å². The summed E-state index contributed by atoms with van der Waals surface area (Å²) in [6.45, 7) is 17.0. The Balaban J connectivity index is 2.22. The van der Waals surface area contributed by atoms with Gasteiger partial charge in [0.05, 0.1) is 11.1 Å². The minimum absolute atomic E-state index is 0.0131. The zero-order chi connectivity index (χ0) is 18.6. The number of amides is 2. The van der Waals surface area contributed by atoms with E-state index in [1.165, 1.54) is 0 Å². The molecule has 2 aliphatic heterocycles. The van der Waals surface area contributed by atoms with Gasteiger partial charge in [0.25, 0.3) is 0 Å². The molecule has 2 fully saturated rings.